The van der Waals surface area contributed by atoms with Crippen molar-refractivity contribution in [2.24, 2.45) is 5.73 Å². The van der Waals surface area contributed by atoms with Crippen LogP contribution >= 0.6 is 11.8 Å². The van der Waals surface area contributed by atoms with E-state index < -0.39 is 5.51 Å². The summed E-state index contributed by atoms with van der Waals surface area (Å²) >= 11 is -0.0982. The van der Waals surface area contributed by atoms with E-state index in [1.54, 1.807) is 12.1 Å². The van der Waals surface area contributed by atoms with Crippen LogP contribution in [0.15, 0.2) is 29.2 Å². The zero-order valence-corrected chi connectivity index (χ0v) is 11.2. The molecule has 0 unspecified atom stereocenters. The maximum absolute atomic E-state index is 12.1. The highest BCUT2D eigenvalue weighted by molar-refractivity contribution is 8.00. The van der Waals surface area contributed by atoms with Gasteiger partial charge in [0.25, 0.3) is 0 Å². The Bertz CT molecular complexity index is 348. The van der Waals surface area contributed by atoms with Gasteiger partial charge in [-0.1, -0.05) is 38.3 Å². The molecular formula is C13H18F3NS. The summed E-state index contributed by atoms with van der Waals surface area (Å²) in [7, 11) is 0. The normalized spacial score (nSPS) is 13.6. The molecule has 1 aromatic rings. The van der Waals surface area contributed by atoms with Crippen LogP contribution in [0.5, 0.6) is 0 Å². The number of rotatable bonds is 6. The first-order valence-corrected chi connectivity index (χ1v) is 6.85. The SMILES string of the molecule is CCCCC[C@H](N)c1ccc(SC(F)(F)F)cc1. The molecule has 0 saturated carbocycles. The van der Waals surface area contributed by atoms with Crippen LogP contribution in [0.25, 0.3) is 0 Å². The minimum Gasteiger partial charge on any atom is -0.324 e. The predicted molar refractivity (Wildman–Crippen MR) is 69.4 cm³/mol. The number of halogens is 3. The molecule has 0 radical (unpaired) electrons. The molecule has 0 aliphatic rings. The zero-order chi connectivity index (χ0) is 13.6. The van der Waals surface area contributed by atoms with E-state index in [9.17, 15) is 13.2 Å². The fourth-order valence-electron chi connectivity index (χ4n) is 1.70. The Kier molecular flexibility index (Phi) is 6.02. The zero-order valence-electron chi connectivity index (χ0n) is 10.3. The standard InChI is InChI=1S/C13H18F3NS/c1-2-3-4-5-12(17)10-6-8-11(9-7-10)18-13(14,15)16/h6-9,12H,2-5,17H2,1H3/t12-/m0/s1. The van der Waals surface area contributed by atoms with Crippen LogP contribution in [0.3, 0.4) is 0 Å². The van der Waals surface area contributed by atoms with Crippen LogP contribution in [0.1, 0.15) is 44.2 Å². The van der Waals surface area contributed by atoms with Crippen molar-refractivity contribution in [1.82, 2.24) is 0 Å². The van der Waals surface area contributed by atoms with Gasteiger partial charge < -0.3 is 5.73 Å². The maximum atomic E-state index is 12.1. The van der Waals surface area contributed by atoms with Gasteiger partial charge in [-0.05, 0) is 35.9 Å². The Morgan fingerprint density at radius 1 is 1.17 bits per heavy atom. The third-order valence-corrected chi connectivity index (χ3v) is 3.40. The molecule has 18 heavy (non-hydrogen) atoms. The average Bonchev–Trinajstić information content (AvgIpc) is 2.28. The van der Waals surface area contributed by atoms with Crippen LogP contribution in [-0.4, -0.2) is 5.51 Å². The number of nitrogens with two attached hydrogens (primary N) is 1. The van der Waals surface area contributed by atoms with Gasteiger partial charge in [0.2, 0.25) is 0 Å². The van der Waals surface area contributed by atoms with Crippen LogP contribution in [-0.2, 0) is 0 Å². The average molecular weight is 277 g/mol. The Morgan fingerprint density at radius 3 is 2.28 bits per heavy atom. The largest absolute Gasteiger partial charge is 0.446 e. The molecule has 5 heteroatoms. The van der Waals surface area contributed by atoms with Crippen LogP contribution in [0, 0.1) is 0 Å². The number of alkyl halides is 3. The molecule has 0 spiro atoms. The summed E-state index contributed by atoms with van der Waals surface area (Å²) in [4.78, 5) is 0.201. The lowest BCUT2D eigenvalue weighted by Gasteiger charge is -2.12. The highest BCUT2D eigenvalue weighted by Crippen LogP contribution is 2.37. The van der Waals surface area contributed by atoms with Crippen molar-refractivity contribution in [1.29, 1.82) is 0 Å². The summed E-state index contributed by atoms with van der Waals surface area (Å²) in [5.41, 5.74) is 2.65. The summed E-state index contributed by atoms with van der Waals surface area (Å²) in [6.45, 7) is 2.12. The van der Waals surface area contributed by atoms with E-state index in [2.05, 4.69) is 6.92 Å². The van der Waals surface area contributed by atoms with Gasteiger partial charge in [-0.3, -0.25) is 0 Å². The van der Waals surface area contributed by atoms with Crippen molar-refractivity contribution in [3.05, 3.63) is 29.8 Å². The molecule has 0 aliphatic heterocycles. The molecule has 0 saturated heterocycles. The Morgan fingerprint density at radius 2 is 1.78 bits per heavy atom. The van der Waals surface area contributed by atoms with Gasteiger partial charge in [-0.15, -0.1) is 0 Å². The van der Waals surface area contributed by atoms with E-state index in [0.717, 1.165) is 31.2 Å². The lowest BCUT2D eigenvalue weighted by atomic mass is 10.0. The summed E-state index contributed by atoms with van der Waals surface area (Å²) in [5, 5.41) is 0. The molecule has 0 amide bonds. The van der Waals surface area contributed by atoms with Crippen molar-refractivity contribution in [3.63, 3.8) is 0 Å². The molecule has 1 nitrogen and oxygen atoms in total. The van der Waals surface area contributed by atoms with Crippen LogP contribution < -0.4 is 5.73 Å². The summed E-state index contributed by atoms with van der Waals surface area (Å²) in [6, 6.07) is 6.25. The van der Waals surface area contributed by atoms with Crippen molar-refractivity contribution in [2.75, 3.05) is 0 Å². The van der Waals surface area contributed by atoms with E-state index in [-0.39, 0.29) is 22.7 Å². The van der Waals surface area contributed by atoms with Crippen molar-refractivity contribution < 1.29 is 13.2 Å². The smallest absolute Gasteiger partial charge is 0.324 e. The number of hydrogen-bond acceptors (Lipinski definition) is 2. The number of benzene rings is 1. The Balaban J connectivity index is 2.54. The molecule has 1 atom stereocenters. The van der Waals surface area contributed by atoms with Gasteiger partial charge in [0, 0.05) is 10.9 Å². The molecule has 0 heterocycles. The monoisotopic (exact) mass is 277 g/mol. The molecule has 1 aromatic carbocycles. The molecule has 0 aromatic heterocycles. The first-order valence-electron chi connectivity index (χ1n) is 6.03. The first-order chi connectivity index (χ1) is 8.42. The molecular weight excluding hydrogens is 259 g/mol. The number of hydrogen-bond donors (Lipinski definition) is 1. The quantitative estimate of drug-likeness (QED) is 0.592. The third-order valence-electron chi connectivity index (χ3n) is 2.66. The number of thioether (sulfide) groups is 1. The van der Waals surface area contributed by atoms with Gasteiger partial charge in [-0.25, -0.2) is 0 Å². The first kappa shape index (κ1) is 15.4. The second-order valence-electron chi connectivity index (χ2n) is 4.22. The van der Waals surface area contributed by atoms with E-state index in [1.165, 1.54) is 12.1 Å². The molecule has 2 N–H and O–H groups in total. The second-order valence-corrected chi connectivity index (χ2v) is 5.36. The maximum Gasteiger partial charge on any atom is 0.446 e. The van der Waals surface area contributed by atoms with Crippen LogP contribution in [0.2, 0.25) is 0 Å². The number of unbranched alkanes of at least 4 members (excludes halogenated alkanes) is 2. The van der Waals surface area contributed by atoms with Gasteiger partial charge in [0.15, 0.2) is 0 Å². The molecule has 102 valence electrons. The van der Waals surface area contributed by atoms with E-state index in [0.29, 0.717) is 0 Å². The minimum absolute atomic E-state index is 0.0820. The lowest BCUT2D eigenvalue weighted by Crippen LogP contribution is -2.10. The Hall–Kier alpha value is -0.680. The fraction of sp³-hybridized carbons (Fsp3) is 0.538. The molecule has 0 aliphatic carbocycles. The van der Waals surface area contributed by atoms with Gasteiger partial charge in [0.1, 0.15) is 0 Å². The van der Waals surface area contributed by atoms with Crippen LogP contribution in [0.4, 0.5) is 13.2 Å². The summed E-state index contributed by atoms with van der Waals surface area (Å²) in [6.07, 6.45) is 4.19. The topological polar surface area (TPSA) is 26.0 Å². The van der Waals surface area contributed by atoms with Crippen molar-refractivity contribution >= 4 is 11.8 Å². The van der Waals surface area contributed by atoms with Gasteiger partial charge in [0.05, 0.1) is 0 Å². The van der Waals surface area contributed by atoms with Gasteiger partial charge in [-0.2, -0.15) is 13.2 Å². The van der Waals surface area contributed by atoms with Crippen molar-refractivity contribution in [2.45, 2.75) is 49.1 Å². The lowest BCUT2D eigenvalue weighted by molar-refractivity contribution is -0.0328. The molecule has 0 fully saturated rings. The second kappa shape index (κ2) is 7.04. The van der Waals surface area contributed by atoms with Gasteiger partial charge >= 0.3 is 5.51 Å². The van der Waals surface area contributed by atoms with E-state index in [1.807, 2.05) is 0 Å². The highest BCUT2D eigenvalue weighted by atomic mass is 32.2. The highest BCUT2D eigenvalue weighted by Gasteiger charge is 2.29. The predicted octanol–water partition coefficient (Wildman–Crippen LogP) is 4.88. The third kappa shape index (κ3) is 5.78. The van der Waals surface area contributed by atoms with Crippen molar-refractivity contribution in [3.8, 4) is 0 Å². The molecule has 0 bridgehead atoms. The summed E-state index contributed by atoms with van der Waals surface area (Å²) < 4.78 is 36.4. The minimum atomic E-state index is -4.23. The molecule has 1 rings (SSSR count). The Labute approximate surface area is 110 Å². The fourth-order valence-corrected chi connectivity index (χ4v) is 2.24. The van der Waals surface area contributed by atoms with E-state index >= 15 is 0 Å². The van der Waals surface area contributed by atoms with E-state index in [4.69, 9.17) is 5.73 Å². The summed E-state index contributed by atoms with van der Waals surface area (Å²) in [5.74, 6) is 0.